The summed E-state index contributed by atoms with van der Waals surface area (Å²) in [5.41, 5.74) is 1.18. The quantitative estimate of drug-likeness (QED) is 0.757. The van der Waals surface area contributed by atoms with E-state index >= 15 is 0 Å². The van der Waals surface area contributed by atoms with Crippen molar-refractivity contribution in [3.63, 3.8) is 0 Å². The van der Waals surface area contributed by atoms with Crippen LogP contribution in [0.1, 0.15) is 35.4 Å². The van der Waals surface area contributed by atoms with Crippen molar-refractivity contribution >= 4 is 23.4 Å². The summed E-state index contributed by atoms with van der Waals surface area (Å²) in [4.78, 5) is 17.4. The number of anilines is 1. The van der Waals surface area contributed by atoms with E-state index in [-0.39, 0.29) is 11.7 Å². The van der Waals surface area contributed by atoms with E-state index in [4.69, 9.17) is 16.7 Å². The lowest BCUT2D eigenvalue weighted by atomic mass is 10.1. The van der Waals surface area contributed by atoms with Crippen molar-refractivity contribution in [3.05, 3.63) is 58.7 Å². The van der Waals surface area contributed by atoms with Gasteiger partial charge in [0.1, 0.15) is 5.82 Å². The predicted molar refractivity (Wildman–Crippen MR) is 96.8 cm³/mol. The van der Waals surface area contributed by atoms with Crippen molar-refractivity contribution < 1.29 is 9.90 Å². The third kappa shape index (κ3) is 4.94. The summed E-state index contributed by atoms with van der Waals surface area (Å²) in [7, 11) is 2.07. The van der Waals surface area contributed by atoms with Crippen LogP contribution in [0.25, 0.3) is 0 Å². The first-order valence-electron chi connectivity index (χ1n) is 7.91. The zero-order valence-electron chi connectivity index (χ0n) is 13.9. The Kier molecular flexibility index (Phi) is 6.58. The zero-order valence-corrected chi connectivity index (χ0v) is 14.6. The fourth-order valence-electron chi connectivity index (χ4n) is 2.58. The fraction of sp³-hybridized carbons (Fsp3) is 0.333. The number of carboxylic acid groups (broad SMARTS) is 1. The SMILES string of the molecule is CCCN(C)C(CNc1cccc(C(=O)O)n1)c1ccc(Cl)cc1. The molecule has 24 heavy (non-hydrogen) atoms. The molecule has 0 fully saturated rings. The number of likely N-dealkylation sites (N-methyl/N-ethyl adjacent to an activating group) is 1. The molecule has 1 aromatic heterocycles. The monoisotopic (exact) mass is 347 g/mol. The number of nitrogens with zero attached hydrogens (tertiary/aromatic N) is 2. The van der Waals surface area contributed by atoms with Gasteiger partial charge in [0.05, 0.1) is 6.04 Å². The molecule has 1 heterocycles. The molecule has 5 nitrogen and oxygen atoms in total. The topological polar surface area (TPSA) is 65.5 Å². The third-order valence-corrected chi connectivity index (χ3v) is 4.06. The van der Waals surface area contributed by atoms with Gasteiger partial charge in [0.25, 0.3) is 0 Å². The maximum absolute atomic E-state index is 11.0. The second-order valence-electron chi connectivity index (χ2n) is 5.64. The molecule has 6 heteroatoms. The van der Waals surface area contributed by atoms with Gasteiger partial charge in [-0.3, -0.25) is 4.90 Å². The molecule has 0 aliphatic carbocycles. The molecule has 0 radical (unpaired) electrons. The van der Waals surface area contributed by atoms with Crippen LogP contribution in [0.3, 0.4) is 0 Å². The Hall–Kier alpha value is -2.11. The maximum Gasteiger partial charge on any atom is 0.354 e. The van der Waals surface area contributed by atoms with Gasteiger partial charge in [-0.25, -0.2) is 9.78 Å². The van der Waals surface area contributed by atoms with Gasteiger partial charge in [0, 0.05) is 11.6 Å². The number of aromatic nitrogens is 1. The van der Waals surface area contributed by atoms with Crippen molar-refractivity contribution in [3.8, 4) is 0 Å². The van der Waals surface area contributed by atoms with Crippen LogP contribution in [0.4, 0.5) is 5.82 Å². The number of aromatic carboxylic acids is 1. The van der Waals surface area contributed by atoms with Crippen molar-refractivity contribution in [2.75, 3.05) is 25.5 Å². The van der Waals surface area contributed by atoms with Gasteiger partial charge in [0.15, 0.2) is 5.69 Å². The van der Waals surface area contributed by atoms with Crippen LogP contribution in [0.15, 0.2) is 42.5 Å². The molecule has 1 atom stereocenters. The first-order valence-corrected chi connectivity index (χ1v) is 8.29. The number of hydrogen-bond donors (Lipinski definition) is 2. The Morgan fingerprint density at radius 1 is 1.29 bits per heavy atom. The van der Waals surface area contributed by atoms with Crippen molar-refractivity contribution in [1.29, 1.82) is 0 Å². The van der Waals surface area contributed by atoms with Gasteiger partial charge >= 0.3 is 5.97 Å². The molecule has 0 aliphatic heterocycles. The van der Waals surface area contributed by atoms with Crippen LogP contribution in [-0.2, 0) is 0 Å². The highest BCUT2D eigenvalue weighted by molar-refractivity contribution is 6.30. The van der Waals surface area contributed by atoms with Gasteiger partial charge in [-0.1, -0.05) is 36.7 Å². The Balaban J connectivity index is 2.14. The second kappa shape index (κ2) is 8.66. The summed E-state index contributed by atoms with van der Waals surface area (Å²) < 4.78 is 0. The normalized spacial score (nSPS) is 12.2. The van der Waals surface area contributed by atoms with E-state index in [1.54, 1.807) is 12.1 Å². The lowest BCUT2D eigenvalue weighted by Crippen LogP contribution is -2.31. The number of nitrogens with one attached hydrogen (secondary N) is 1. The molecular formula is C18H22ClN3O2. The van der Waals surface area contributed by atoms with E-state index in [0.29, 0.717) is 17.4 Å². The number of hydrogen-bond acceptors (Lipinski definition) is 4. The highest BCUT2D eigenvalue weighted by Crippen LogP contribution is 2.22. The molecule has 0 saturated carbocycles. The Labute approximate surface area is 147 Å². The summed E-state index contributed by atoms with van der Waals surface area (Å²) in [6, 6.07) is 12.9. The van der Waals surface area contributed by atoms with Crippen molar-refractivity contribution in [2.24, 2.45) is 0 Å². The van der Waals surface area contributed by atoms with E-state index in [2.05, 4.69) is 29.2 Å². The van der Waals surface area contributed by atoms with Gasteiger partial charge in [-0.2, -0.15) is 0 Å². The van der Waals surface area contributed by atoms with Crippen molar-refractivity contribution in [2.45, 2.75) is 19.4 Å². The Morgan fingerprint density at radius 3 is 2.62 bits per heavy atom. The van der Waals surface area contributed by atoms with Gasteiger partial charge in [-0.15, -0.1) is 0 Å². The minimum Gasteiger partial charge on any atom is -0.477 e. The maximum atomic E-state index is 11.0. The molecule has 1 unspecified atom stereocenters. The van der Waals surface area contributed by atoms with E-state index in [1.165, 1.54) is 6.07 Å². The third-order valence-electron chi connectivity index (χ3n) is 3.81. The molecule has 2 N–H and O–H groups in total. The minimum absolute atomic E-state index is 0.0324. The lowest BCUT2D eigenvalue weighted by Gasteiger charge is -2.28. The highest BCUT2D eigenvalue weighted by atomic mass is 35.5. The molecule has 2 aromatic rings. The van der Waals surface area contributed by atoms with E-state index in [0.717, 1.165) is 18.5 Å². The fourth-order valence-corrected chi connectivity index (χ4v) is 2.70. The minimum atomic E-state index is -1.03. The van der Waals surface area contributed by atoms with Crippen LogP contribution in [-0.4, -0.2) is 41.1 Å². The summed E-state index contributed by atoms with van der Waals surface area (Å²) >= 11 is 5.98. The molecule has 0 spiro atoms. The Morgan fingerprint density at radius 2 is 2.00 bits per heavy atom. The standard InChI is InChI=1S/C18H22ClN3O2/c1-3-11-22(2)16(13-7-9-14(19)10-8-13)12-20-17-6-4-5-15(21-17)18(23)24/h4-10,16H,3,11-12H2,1-2H3,(H,20,21)(H,23,24). The Bertz CT molecular complexity index is 676. The first kappa shape index (κ1) is 18.2. The van der Waals surface area contributed by atoms with E-state index in [1.807, 2.05) is 24.3 Å². The van der Waals surface area contributed by atoms with Gasteiger partial charge < -0.3 is 10.4 Å². The highest BCUT2D eigenvalue weighted by Gasteiger charge is 2.17. The predicted octanol–water partition coefficient (Wildman–Crippen LogP) is 3.93. The second-order valence-corrected chi connectivity index (χ2v) is 6.08. The number of carboxylic acids is 1. The zero-order chi connectivity index (χ0) is 17.5. The molecule has 2 rings (SSSR count). The summed E-state index contributed by atoms with van der Waals surface area (Å²) in [6.07, 6.45) is 1.05. The van der Waals surface area contributed by atoms with E-state index in [9.17, 15) is 4.79 Å². The van der Waals surface area contributed by atoms with Crippen LogP contribution >= 0.6 is 11.6 Å². The van der Waals surface area contributed by atoms with Crippen LogP contribution < -0.4 is 5.32 Å². The molecule has 128 valence electrons. The van der Waals surface area contributed by atoms with Gasteiger partial charge in [-0.05, 0) is 49.8 Å². The van der Waals surface area contributed by atoms with Crippen LogP contribution in [0.2, 0.25) is 5.02 Å². The molecular weight excluding hydrogens is 326 g/mol. The van der Waals surface area contributed by atoms with Crippen LogP contribution in [0, 0.1) is 0 Å². The average Bonchev–Trinajstić information content (AvgIpc) is 2.57. The smallest absolute Gasteiger partial charge is 0.354 e. The number of rotatable bonds is 8. The van der Waals surface area contributed by atoms with Gasteiger partial charge in [0.2, 0.25) is 0 Å². The molecule has 0 bridgehead atoms. The van der Waals surface area contributed by atoms with E-state index < -0.39 is 5.97 Å². The molecule has 0 saturated heterocycles. The number of carbonyl (C=O) groups is 1. The number of benzene rings is 1. The summed E-state index contributed by atoms with van der Waals surface area (Å²) in [5, 5.41) is 13.0. The lowest BCUT2D eigenvalue weighted by molar-refractivity contribution is 0.0690. The largest absolute Gasteiger partial charge is 0.477 e. The van der Waals surface area contributed by atoms with Crippen LogP contribution in [0.5, 0.6) is 0 Å². The number of halogens is 1. The molecule has 0 amide bonds. The average molecular weight is 348 g/mol. The van der Waals surface area contributed by atoms with Crippen molar-refractivity contribution in [1.82, 2.24) is 9.88 Å². The molecule has 1 aromatic carbocycles. The number of pyridine rings is 1. The summed E-state index contributed by atoms with van der Waals surface area (Å²) in [6.45, 7) is 3.71. The first-order chi connectivity index (χ1) is 11.5. The molecule has 0 aliphatic rings. The summed E-state index contributed by atoms with van der Waals surface area (Å²) in [5.74, 6) is -0.477.